The average Bonchev–Trinajstić information content (AvgIpc) is 2.53. The van der Waals surface area contributed by atoms with Gasteiger partial charge in [0.1, 0.15) is 11.5 Å². The smallest absolute Gasteiger partial charge is 0.394 e. The number of hydrogen-bond donors (Lipinski definition) is 1. The molecule has 1 fully saturated rings. The molecule has 1 aliphatic heterocycles. The van der Waals surface area contributed by atoms with Crippen molar-refractivity contribution in [3.63, 3.8) is 0 Å². The number of aliphatic carboxylic acids is 1. The lowest BCUT2D eigenvalue weighted by Gasteiger charge is -2.35. The summed E-state index contributed by atoms with van der Waals surface area (Å²) >= 11 is 0. The quantitative estimate of drug-likeness (QED) is 0.815. The SMILES string of the molecule is COc1cc(OC)cc(N2CCN(C(=O)C(=O)O)CC2)c1. The molecule has 1 amide bonds. The number of rotatable bonds is 3. The Morgan fingerprint density at radius 1 is 1.00 bits per heavy atom. The van der Waals surface area contributed by atoms with Crippen LogP contribution in [0.25, 0.3) is 0 Å². The second kappa shape index (κ2) is 6.34. The van der Waals surface area contributed by atoms with Gasteiger partial charge in [-0.15, -0.1) is 0 Å². The number of carbonyl (C=O) groups excluding carboxylic acids is 1. The van der Waals surface area contributed by atoms with Gasteiger partial charge in [-0.05, 0) is 0 Å². The summed E-state index contributed by atoms with van der Waals surface area (Å²) in [7, 11) is 3.17. The third-order valence-corrected chi connectivity index (χ3v) is 3.45. The lowest BCUT2D eigenvalue weighted by atomic mass is 10.2. The van der Waals surface area contributed by atoms with Gasteiger partial charge in [0.2, 0.25) is 0 Å². The summed E-state index contributed by atoms with van der Waals surface area (Å²) in [6, 6.07) is 5.56. The molecule has 1 aromatic rings. The number of carbonyl (C=O) groups is 2. The van der Waals surface area contributed by atoms with E-state index in [0.717, 1.165) is 5.69 Å². The minimum Gasteiger partial charge on any atom is -0.497 e. The summed E-state index contributed by atoms with van der Waals surface area (Å²) in [6.45, 7) is 1.89. The van der Waals surface area contributed by atoms with Crippen LogP contribution in [0.4, 0.5) is 5.69 Å². The molecule has 0 aliphatic carbocycles. The van der Waals surface area contributed by atoms with Crippen LogP contribution in [-0.2, 0) is 9.59 Å². The first-order chi connectivity index (χ1) is 10.0. The Balaban J connectivity index is 2.08. The molecule has 0 atom stereocenters. The third kappa shape index (κ3) is 3.36. The second-order valence-corrected chi connectivity index (χ2v) is 4.66. The van der Waals surface area contributed by atoms with Gasteiger partial charge >= 0.3 is 11.9 Å². The van der Waals surface area contributed by atoms with Gasteiger partial charge in [0.25, 0.3) is 0 Å². The van der Waals surface area contributed by atoms with Gasteiger partial charge in [-0.25, -0.2) is 4.79 Å². The molecule has 1 aliphatic rings. The normalized spacial score (nSPS) is 14.8. The van der Waals surface area contributed by atoms with Crippen LogP contribution in [0.3, 0.4) is 0 Å². The molecule has 0 spiro atoms. The van der Waals surface area contributed by atoms with Crippen LogP contribution in [0.5, 0.6) is 11.5 Å². The van der Waals surface area contributed by atoms with E-state index < -0.39 is 11.9 Å². The largest absolute Gasteiger partial charge is 0.497 e. The summed E-state index contributed by atoms with van der Waals surface area (Å²) < 4.78 is 10.5. The standard InChI is InChI=1S/C14H18N2O5/c1-20-11-7-10(8-12(9-11)21-2)15-3-5-16(6-4-15)13(17)14(18)19/h7-9H,3-6H2,1-2H3,(H,18,19). The van der Waals surface area contributed by atoms with Crippen LogP contribution in [0.2, 0.25) is 0 Å². The first-order valence-electron chi connectivity index (χ1n) is 6.55. The lowest BCUT2D eigenvalue weighted by molar-refractivity contribution is -0.156. The number of carboxylic acids is 1. The zero-order valence-electron chi connectivity index (χ0n) is 12.0. The van der Waals surface area contributed by atoms with Gasteiger partial charge in [-0.1, -0.05) is 0 Å². The van der Waals surface area contributed by atoms with E-state index in [0.29, 0.717) is 37.7 Å². The molecule has 0 saturated carbocycles. The molecule has 0 bridgehead atoms. The van der Waals surface area contributed by atoms with E-state index in [1.807, 2.05) is 12.1 Å². The Kier molecular flexibility index (Phi) is 4.52. The van der Waals surface area contributed by atoms with Crippen molar-refractivity contribution in [1.82, 2.24) is 4.90 Å². The third-order valence-electron chi connectivity index (χ3n) is 3.45. The molecule has 114 valence electrons. The number of benzene rings is 1. The minimum atomic E-state index is -1.41. The fraction of sp³-hybridized carbons (Fsp3) is 0.429. The number of ether oxygens (including phenoxy) is 2. The molecule has 7 nitrogen and oxygen atoms in total. The first-order valence-corrected chi connectivity index (χ1v) is 6.55. The monoisotopic (exact) mass is 294 g/mol. The van der Waals surface area contributed by atoms with E-state index >= 15 is 0 Å². The fourth-order valence-corrected chi connectivity index (χ4v) is 2.28. The fourth-order valence-electron chi connectivity index (χ4n) is 2.28. The zero-order chi connectivity index (χ0) is 15.4. The number of amides is 1. The highest BCUT2D eigenvalue weighted by Gasteiger charge is 2.25. The second-order valence-electron chi connectivity index (χ2n) is 4.66. The van der Waals surface area contributed by atoms with Gasteiger partial charge < -0.3 is 24.4 Å². The summed E-state index contributed by atoms with van der Waals surface area (Å²) in [5.41, 5.74) is 0.925. The first kappa shape index (κ1) is 15.0. The van der Waals surface area contributed by atoms with Crippen molar-refractivity contribution >= 4 is 17.6 Å². The van der Waals surface area contributed by atoms with Gasteiger partial charge in [-0.2, -0.15) is 0 Å². The predicted molar refractivity (Wildman–Crippen MR) is 76.0 cm³/mol. The molecule has 1 heterocycles. The number of nitrogens with zero attached hydrogens (tertiary/aromatic N) is 2. The van der Waals surface area contributed by atoms with E-state index in [1.165, 1.54) is 4.90 Å². The lowest BCUT2D eigenvalue weighted by Crippen LogP contribution is -2.50. The van der Waals surface area contributed by atoms with Crippen molar-refractivity contribution in [2.75, 3.05) is 45.3 Å². The molecule has 1 aromatic carbocycles. The molecular formula is C14H18N2O5. The van der Waals surface area contributed by atoms with Gasteiger partial charge in [0.15, 0.2) is 0 Å². The number of hydrogen-bond acceptors (Lipinski definition) is 5. The molecular weight excluding hydrogens is 276 g/mol. The number of anilines is 1. The Labute approximate surface area is 122 Å². The highest BCUT2D eigenvalue weighted by Crippen LogP contribution is 2.29. The maximum Gasteiger partial charge on any atom is 0.394 e. The molecule has 1 N–H and O–H groups in total. The molecule has 0 aromatic heterocycles. The highest BCUT2D eigenvalue weighted by atomic mass is 16.5. The van der Waals surface area contributed by atoms with Crippen LogP contribution < -0.4 is 14.4 Å². The molecule has 7 heteroatoms. The Morgan fingerprint density at radius 3 is 1.95 bits per heavy atom. The maximum atomic E-state index is 11.4. The van der Waals surface area contributed by atoms with Crippen molar-refractivity contribution < 1.29 is 24.2 Å². The molecule has 0 unspecified atom stereocenters. The van der Waals surface area contributed by atoms with E-state index in [4.69, 9.17) is 14.6 Å². The summed E-state index contributed by atoms with van der Waals surface area (Å²) in [4.78, 5) is 25.5. The minimum absolute atomic E-state index is 0.380. The number of piperazine rings is 1. The van der Waals surface area contributed by atoms with Gasteiger partial charge in [0, 0.05) is 50.1 Å². The Hall–Kier alpha value is -2.44. The van der Waals surface area contributed by atoms with E-state index in [1.54, 1.807) is 20.3 Å². The summed E-state index contributed by atoms with van der Waals surface area (Å²) in [5, 5.41) is 8.72. The van der Waals surface area contributed by atoms with Crippen LogP contribution in [0, 0.1) is 0 Å². The molecule has 0 radical (unpaired) electrons. The Morgan fingerprint density at radius 2 is 1.52 bits per heavy atom. The molecule has 1 saturated heterocycles. The predicted octanol–water partition coefficient (Wildman–Crippen LogP) is 0.437. The van der Waals surface area contributed by atoms with E-state index in [9.17, 15) is 9.59 Å². The Bertz CT molecular complexity index is 516. The average molecular weight is 294 g/mol. The van der Waals surface area contributed by atoms with Crippen molar-refractivity contribution in [2.24, 2.45) is 0 Å². The van der Waals surface area contributed by atoms with Crippen LogP contribution in [-0.4, -0.2) is 62.3 Å². The van der Waals surface area contributed by atoms with Crippen molar-refractivity contribution in [3.8, 4) is 11.5 Å². The van der Waals surface area contributed by atoms with E-state index in [2.05, 4.69) is 4.90 Å². The van der Waals surface area contributed by atoms with Crippen molar-refractivity contribution in [1.29, 1.82) is 0 Å². The molecule has 2 rings (SSSR count). The number of carboxylic acid groups (broad SMARTS) is 1. The van der Waals surface area contributed by atoms with E-state index in [-0.39, 0.29) is 0 Å². The maximum absolute atomic E-state index is 11.4. The topological polar surface area (TPSA) is 79.3 Å². The number of methoxy groups -OCH3 is 2. The van der Waals surface area contributed by atoms with Crippen molar-refractivity contribution in [3.05, 3.63) is 18.2 Å². The van der Waals surface area contributed by atoms with Crippen molar-refractivity contribution in [2.45, 2.75) is 0 Å². The van der Waals surface area contributed by atoms with Crippen LogP contribution in [0.15, 0.2) is 18.2 Å². The van der Waals surface area contributed by atoms with Gasteiger partial charge in [0.05, 0.1) is 14.2 Å². The summed E-state index contributed by atoms with van der Waals surface area (Å²) in [5.74, 6) is -0.883. The summed E-state index contributed by atoms with van der Waals surface area (Å²) in [6.07, 6.45) is 0. The highest BCUT2D eigenvalue weighted by molar-refractivity contribution is 6.31. The molecule has 21 heavy (non-hydrogen) atoms. The van der Waals surface area contributed by atoms with Gasteiger partial charge in [-0.3, -0.25) is 4.79 Å². The van der Waals surface area contributed by atoms with Crippen LogP contribution in [0.1, 0.15) is 0 Å². The zero-order valence-corrected chi connectivity index (χ0v) is 12.0. The van der Waals surface area contributed by atoms with Crippen LogP contribution >= 0.6 is 0 Å².